The van der Waals surface area contributed by atoms with E-state index < -0.39 is 5.69 Å². The van der Waals surface area contributed by atoms with Crippen molar-refractivity contribution < 1.29 is 4.79 Å². The van der Waals surface area contributed by atoms with Crippen LogP contribution in [0.25, 0.3) is 15.9 Å². The maximum Gasteiger partial charge on any atom is 0.336 e. The zero-order valence-corrected chi connectivity index (χ0v) is 18.7. The van der Waals surface area contributed by atoms with Gasteiger partial charge in [0.25, 0.3) is 5.56 Å². The van der Waals surface area contributed by atoms with Crippen LogP contribution in [-0.4, -0.2) is 15.0 Å². The Bertz CT molecular complexity index is 1440. The molecule has 0 fully saturated rings. The molecule has 1 N–H and O–H groups in total. The first kappa shape index (κ1) is 20.8. The summed E-state index contributed by atoms with van der Waals surface area (Å²) in [4.78, 5) is 39.3. The molecule has 31 heavy (non-hydrogen) atoms. The molecular formula is C24H23N3O3S. The highest BCUT2D eigenvalue weighted by Crippen LogP contribution is 2.19. The monoisotopic (exact) mass is 433 g/mol. The van der Waals surface area contributed by atoms with Gasteiger partial charge in [-0.25, -0.2) is 9.36 Å². The van der Waals surface area contributed by atoms with Crippen molar-refractivity contribution in [2.75, 3.05) is 5.32 Å². The standard InChI is InChI=1S/C24H23N3O3S/c1-14-5-8-19(17(4)11-14)27-23(29)22-20(9-10-31-22)26(24(27)30)13-21(28)25-18-7-6-15(2)16(3)12-18/h5-12H,13H2,1-4H3,(H,25,28). The summed E-state index contributed by atoms with van der Waals surface area (Å²) >= 11 is 1.26. The summed E-state index contributed by atoms with van der Waals surface area (Å²) in [5.41, 5.74) is 4.83. The second-order valence-electron chi connectivity index (χ2n) is 7.78. The van der Waals surface area contributed by atoms with E-state index in [-0.39, 0.29) is 18.0 Å². The van der Waals surface area contributed by atoms with Crippen molar-refractivity contribution in [3.8, 4) is 5.69 Å². The van der Waals surface area contributed by atoms with Gasteiger partial charge in [-0.05, 0) is 74.0 Å². The van der Waals surface area contributed by atoms with Gasteiger partial charge in [0, 0.05) is 5.69 Å². The van der Waals surface area contributed by atoms with Crippen LogP contribution in [0.15, 0.2) is 57.4 Å². The van der Waals surface area contributed by atoms with E-state index in [0.717, 1.165) is 26.8 Å². The molecule has 0 atom stereocenters. The molecule has 0 aliphatic carbocycles. The van der Waals surface area contributed by atoms with Gasteiger partial charge in [0.05, 0.1) is 11.2 Å². The predicted molar refractivity (Wildman–Crippen MR) is 126 cm³/mol. The number of carbonyl (C=O) groups is 1. The van der Waals surface area contributed by atoms with Crippen LogP contribution in [0.4, 0.5) is 5.69 Å². The van der Waals surface area contributed by atoms with Crippen LogP contribution in [0.1, 0.15) is 22.3 Å². The van der Waals surface area contributed by atoms with Crippen LogP contribution in [0.3, 0.4) is 0 Å². The van der Waals surface area contributed by atoms with Gasteiger partial charge in [-0.2, -0.15) is 0 Å². The van der Waals surface area contributed by atoms with Crippen molar-refractivity contribution >= 4 is 33.1 Å². The first-order chi connectivity index (χ1) is 14.8. The molecule has 0 saturated carbocycles. The number of benzene rings is 2. The highest BCUT2D eigenvalue weighted by Gasteiger charge is 2.18. The average Bonchev–Trinajstić information content (AvgIpc) is 3.20. The molecule has 4 rings (SSSR count). The number of amides is 1. The van der Waals surface area contributed by atoms with Crippen molar-refractivity contribution in [3.05, 3.63) is 90.9 Å². The van der Waals surface area contributed by atoms with E-state index in [0.29, 0.717) is 21.6 Å². The van der Waals surface area contributed by atoms with Gasteiger partial charge in [0.1, 0.15) is 11.2 Å². The number of carbonyl (C=O) groups excluding carboxylic acids is 1. The van der Waals surface area contributed by atoms with Gasteiger partial charge in [-0.15, -0.1) is 11.3 Å². The van der Waals surface area contributed by atoms with Crippen molar-refractivity contribution in [1.82, 2.24) is 9.13 Å². The molecule has 0 aliphatic heterocycles. The lowest BCUT2D eigenvalue weighted by Gasteiger charge is -2.14. The highest BCUT2D eigenvalue weighted by molar-refractivity contribution is 7.17. The van der Waals surface area contributed by atoms with Crippen LogP contribution in [0.5, 0.6) is 0 Å². The second kappa shape index (κ2) is 8.00. The minimum absolute atomic E-state index is 0.190. The number of hydrogen-bond donors (Lipinski definition) is 1. The highest BCUT2D eigenvalue weighted by atomic mass is 32.1. The summed E-state index contributed by atoms with van der Waals surface area (Å²) in [7, 11) is 0. The average molecular weight is 434 g/mol. The van der Waals surface area contributed by atoms with Crippen LogP contribution in [0, 0.1) is 27.7 Å². The number of rotatable bonds is 4. The third-order valence-corrected chi connectivity index (χ3v) is 6.33. The molecule has 6 nitrogen and oxygen atoms in total. The molecule has 0 unspecified atom stereocenters. The van der Waals surface area contributed by atoms with E-state index >= 15 is 0 Å². The molecule has 0 spiro atoms. The lowest BCUT2D eigenvalue weighted by Crippen LogP contribution is -2.40. The normalized spacial score (nSPS) is 11.1. The van der Waals surface area contributed by atoms with Crippen molar-refractivity contribution in [2.45, 2.75) is 34.2 Å². The van der Waals surface area contributed by atoms with Crippen molar-refractivity contribution in [1.29, 1.82) is 0 Å². The number of nitrogens with one attached hydrogen (secondary N) is 1. The Morgan fingerprint density at radius 1 is 0.935 bits per heavy atom. The van der Waals surface area contributed by atoms with Gasteiger partial charge >= 0.3 is 5.69 Å². The van der Waals surface area contributed by atoms with Gasteiger partial charge in [0.2, 0.25) is 5.91 Å². The third-order valence-electron chi connectivity index (χ3n) is 5.44. The molecule has 2 aromatic carbocycles. The summed E-state index contributed by atoms with van der Waals surface area (Å²) in [5, 5.41) is 4.61. The zero-order valence-electron chi connectivity index (χ0n) is 17.9. The Morgan fingerprint density at radius 3 is 2.42 bits per heavy atom. The maximum atomic E-state index is 13.4. The molecule has 0 bridgehead atoms. The number of nitrogens with zero attached hydrogens (tertiary/aromatic N) is 2. The Kier molecular flexibility index (Phi) is 5.37. The number of fused-ring (bicyclic) bond motifs is 1. The topological polar surface area (TPSA) is 73.1 Å². The zero-order chi connectivity index (χ0) is 22.3. The van der Waals surface area contributed by atoms with Gasteiger partial charge in [0.15, 0.2) is 0 Å². The fourth-order valence-corrected chi connectivity index (χ4v) is 4.50. The number of aromatic nitrogens is 2. The smallest absolute Gasteiger partial charge is 0.325 e. The maximum absolute atomic E-state index is 13.4. The Labute approximate surface area is 183 Å². The predicted octanol–water partition coefficient (Wildman–Crippen LogP) is 4.09. The molecule has 1 amide bonds. The Morgan fingerprint density at radius 2 is 1.71 bits per heavy atom. The lowest BCUT2D eigenvalue weighted by atomic mass is 10.1. The summed E-state index contributed by atoms with van der Waals surface area (Å²) in [6, 6.07) is 12.9. The van der Waals surface area contributed by atoms with E-state index in [1.807, 2.05) is 58.0 Å². The summed E-state index contributed by atoms with van der Waals surface area (Å²) in [6.07, 6.45) is 0. The summed E-state index contributed by atoms with van der Waals surface area (Å²) in [6.45, 7) is 7.61. The van der Waals surface area contributed by atoms with Gasteiger partial charge in [-0.3, -0.25) is 14.2 Å². The van der Waals surface area contributed by atoms with Gasteiger partial charge < -0.3 is 5.32 Å². The largest absolute Gasteiger partial charge is 0.336 e. The number of hydrogen-bond acceptors (Lipinski definition) is 4. The quantitative estimate of drug-likeness (QED) is 0.527. The molecule has 2 aromatic heterocycles. The molecule has 158 valence electrons. The fraction of sp³-hybridized carbons (Fsp3) is 0.208. The molecule has 4 aromatic rings. The van der Waals surface area contributed by atoms with E-state index in [1.165, 1.54) is 15.9 Å². The van der Waals surface area contributed by atoms with E-state index in [9.17, 15) is 14.4 Å². The van der Waals surface area contributed by atoms with Crippen LogP contribution >= 0.6 is 11.3 Å². The van der Waals surface area contributed by atoms with Crippen LogP contribution in [-0.2, 0) is 11.3 Å². The molecule has 0 saturated heterocycles. The Balaban J connectivity index is 1.80. The second-order valence-corrected chi connectivity index (χ2v) is 8.70. The van der Waals surface area contributed by atoms with Gasteiger partial charge in [-0.1, -0.05) is 23.8 Å². The summed E-state index contributed by atoms with van der Waals surface area (Å²) < 4.78 is 2.97. The number of aryl methyl sites for hydroxylation is 4. The number of thiophene rings is 1. The molecule has 0 radical (unpaired) electrons. The van der Waals surface area contributed by atoms with Crippen LogP contribution < -0.4 is 16.6 Å². The molecule has 7 heteroatoms. The molecule has 2 heterocycles. The molecule has 0 aliphatic rings. The van der Waals surface area contributed by atoms with E-state index in [1.54, 1.807) is 17.5 Å². The molecular weight excluding hydrogens is 410 g/mol. The number of anilines is 1. The van der Waals surface area contributed by atoms with Crippen molar-refractivity contribution in [2.24, 2.45) is 0 Å². The SMILES string of the molecule is Cc1ccc(-n2c(=O)c3sccc3n(CC(=O)Nc3ccc(C)c(C)c3)c2=O)c(C)c1. The lowest BCUT2D eigenvalue weighted by molar-refractivity contribution is -0.116. The summed E-state index contributed by atoms with van der Waals surface area (Å²) in [5.74, 6) is -0.330. The van der Waals surface area contributed by atoms with Crippen LogP contribution in [0.2, 0.25) is 0 Å². The van der Waals surface area contributed by atoms with E-state index in [4.69, 9.17) is 0 Å². The third kappa shape index (κ3) is 3.84. The fourth-order valence-electron chi connectivity index (χ4n) is 3.67. The van der Waals surface area contributed by atoms with E-state index in [2.05, 4.69) is 5.32 Å². The first-order valence-electron chi connectivity index (χ1n) is 9.94. The minimum Gasteiger partial charge on any atom is -0.325 e. The van der Waals surface area contributed by atoms with Crippen molar-refractivity contribution in [3.63, 3.8) is 0 Å². The minimum atomic E-state index is -0.530. The Hall–Kier alpha value is -3.45. The first-order valence-corrected chi connectivity index (χ1v) is 10.8.